The number of hydrogen-bond acceptors (Lipinski definition) is 7. The molecule has 3 atom stereocenters. The standard InChI is InChI=1S/C20H22N4O4S/c1-11(25)14-5-6-15(18-21-7-8-29-18)17-16(14)22-19(28-17)23-9-12-3-2-4-13(10-23)24(12)20(26)27/h5-8,11-13,25H,2-4,9-10H2,1H3,(H,26,27). The number of benzene rings is 1. The van der Waals surface area contributed by atoms with Crippen LogP contribution in [-0.4, -0.2) is 56.3 Å². The minimum absolute atomic E-state index is 0.0512. The molecule has 1 amide bonds. The van der Waals surface area contributed by atoms with Crippen molar-refractivity contribution >= 4 is 34.5 Å². The second-order valence-electron chi connectivity index (χ2n) is 7.72. The first-order valence-electron chi connectivity index (χ1n) is 9.80. The summed E-state index contributed by atoms with van der Waals surface area (Å²) in [7, 11) is 0. The smallest absolute Gasteiger partial charge is 0.407 e. The van der Waals surface area contributed by atoms with Crippen molar-refractivity contribution in [2.45, 2.75) is 44.4 Å². The molecule has 8 nitrogen and oxygen atoms in total. The molecule has 0 radical (unpaired) electrons. The van der Waals surface area contributed by atoms with Crippen molar-refractivity contribution in [3.63, 3.8) is 0 Å². The maximum atomic E-state index is 11.7. The maximum absolute atomic E-state index is 11.7. The molecule has 9 heteroatoms. The van der Waals surface area contributed by atoms with Crippen LogP contribution in [0.5, 0.6) is 0 Å². The molecule has 0 spiro atoms. The number of anilines is 1. The van der Waals surface area contributed by atoms with E-state index in [0.29, 0.717) is 35.8 Å². The Morgan fingerprint density at radius 3 is 2.69 bits per heavy atom. The van der Waals surface area contributed by atoms with Crippen LogP contribution in [0.15, 0.2) is 28.1 Å². The van der Waals surface area contributed by atoms with E-state index >= 15 is 0 Å². The molecule has 2 aromatic heterocycles. The molecule has 152 valence electrons. The van der Waals surface area contributed by atoms with Crippen LogP contribution in [0, 0.1) is 0 Å². The molecule has 2 aliphatic rings. The van der Waals surface area contributed by atoms with Gasteiger partial charge in [-0.2, -0.15) is 4.98 Å². The first-order valence-corrected chi connectivity index (χ1v) is 10.7. The highest BCUT2D eigenvalue weighted by Gasteiger charge is 2.41. The van der Waals surface area contributed by atoms with E-state index in [9.17, 15) is 15.0 Å². The Balaban J connectivity index is 1.57. The van der Waals surface area contributed by atoms with Crippen LogP contribution in [0.1, 0.15) is 37.9 Å². The number of aliphatic hydroxyl groups excluding tert-OH is 1. The highest BCUT2D eigenvalue weighted by molar-refractivity contribution is 7.13. The van der Waals surface area contributed by atoms with Gasteiger partial charge in [-0.25, -0.2) is 9.78 Å². The monoisotopic (exact) mass is 414 g/mol. The molecule has 3 aromatic rings. The summed E-state index contributed by atoms with van der Waals surface area (Å²) in [5, 5.41) is 22.5. The van der Waals surface area contributed by atoms with Crippen LogP contribution >= 0.6 is 11.3 Å². The Kier molecular flexibility index (Phi) is 4.44. The average molecular weight is 414 g/mol. The third-order valence-corrected chi connectivity index (χ3v) is 6.70. The van der Waals surface area contributed by atoms with Gasteiger partial charge in [-0.15, -0.1) is 11.3 Å². The summed E-state index contributed by atoms with van der Waals surface area (Å²) in [5.41, 5.74) is 2.80. The lowest BCUT2D eigenvalue weighted by Crippen LogP contribution is -2.62. The molecule has 4 heterocycles. The van der Waals surface area contributed by atoms with Gasteiger partial charge in [0.2, 0.25) is 0 Å². The summed E-state index contributed by atoms with van der Waals surface area (Å²) in [5.74, 6) is 0. The number of piperazine rings is 1. The molecule has 2 N–H and O–H groups in total. The SMILES string of the molecule is CC(O)c1ccc(-c2nccs2)c2oc(N3CC4CCCC(C3)N4C(=O)O)nc12. The van der Waals surface area contributed by atoms with Crippen LogP contribution in [0.25, 0.3) is 21.7 Å². The van der Waals surface area contributed by atoms with Gasteiger partial charge < -0.3 is 19.5 Å². The lowest BCUT2D eigenvalue weighted by atomic mass is 9.92. The third kappa shape index (κ3) is 3.05. The van der Waals surface area contributed by atoms with Gasteiger partial charge in [0.25, 0.3) is 6.01 Å². The maximum Gasteiger partial charge on any atom is 0.407 e. The molecule has 2 fully saturated rings. The fraction of sp³-hybridized carbons (Fsp3) is 0.450. The number of carbonyl (C=O) groups is 1. The van der Waals surface area contributed by atoms with Gasteiger partial charge in [0.1, 0.15) is 10.5 Å². The zero-order valence-electron chi connectivity index (χ0n) is 16.0. The van der Waals surface area contributed by atoms with Gasteiger partial charge in [-0.3, -0.25) is 4.90 Å². The molecule has 5 rings (SSSR count). The zero-order valence-corrected chi connectivity index (χ0v) is 16.8. The quantitative estimate of drug-likeness (QED) is 0.673. The highest BCUT2D eigenvalue weighted by Crippen LogP contribution is 2.38. The Morgan fingerprint density at radius 2 is 2.07 bits per heavy atom. The van der Waals surface area contributed by atoms with Gasteiger partial charge in [-0.05, 0) is 32.3 Å². The number of thiazole rings is 1. The number of fused-ring (bicyclic) bond motifs is 3. The lowest BCUT2D eigenvalue weighted by molar-refractivity contribution is 0.0593. The fourth-order valence-corrected chi connectivity index (χ4v) is 5.25. The van der Waals surface area contributed by atoms with Crippen molar-refractivity contribution in [3.8, 4) is 10.6 Å². The molecule has 0 saturated carbocycles. The van der Waals surface area contributed by atoms with Crippen molar-refractivity contribution in [1.82, 2.24) is 14.9 Å². The minimum Gasteiger partial charge on any atom is -0.465 e. The summed E-state index contributed by atoms with van der Waals surface area (Å²) in [6.45, 7) is 2.83. The molecular weight excluding hydrogens is 392 g/mol. The zero-order chi connectivity index (χ0) is 20.1. The van der Waals surface area contributed by atoms with Crippen LogP contribution in [0.4, 0.5) is 10.8 Å². The highest BCUT2D eigenvalue weighted by atomic mass is 32.1. The van der Waals surface area contributed by atoms with E-state index in [1.807, 2.05) is 22.4 Å². The van der Waals surface area contributed by atoms with E-state index < -0.39 is 12.2 Å². The molecule has 3 unspecified atom stereocenters. The van der Waals surface area contributed by atoms with Crippen molar-refractivity contribution in [2.24, 2.45) is 0 Å². The first-order chi connectivity index (χ1) is 14.0. The van der Waals surface area contributed by atoms with Crippen molar-refractivity contribution in [2.75, 3.05) is 18.0 Å². The molecular formula is C20H22N4O4S. The number of piperidine rings is 1. The van der Waals surface area contributed by atoms with E-state index in [-0.39, 0.29) is 12.1 Å². The van der Waals surface area contributed by atoms with Crippen molar-refractivity contribution < 1.29 is 19.4 Å². The second kappa shape index (κ2) is 7.00. The Labute approximate surface area is 171 Å². The van der Waals surface area contributed by atoms with E-state index in [1.165, 1.54) is 11.3 Å². The Morgan fingerprint density at radius 1 is 1.31 bits per heavy atom. The molecule has 29 heavy (non-hydrogen) atoms. The van der Waals surface area contributed by atoms with Crippen LogP contribution in [0.2, 0.25) is 0 Å². The lowest BCUT2D eigenvalue weighted by Gasteiger charge is -2.48. The third-order valence-electron chi connectivity index (χ3n) is 5.89. The number of oxazole rings is 1. The molecule has 2 saturated heterocycles. The van der Waals surface area contributed by atoms with Crippen molar-refractivity contribution in [1.29, 1.82) is 0 Å². The predicted molar refractivity (Wildman–Crippen MR) is 109 cm³/mol. The van der Waals surface area contributed by atoms with E-state index in [1.54, 1.807) is 18.0 Å². The average Bonchev–Trinajstić information content (AvgIpc) is 3.36. The number of carboxylic acid groups (broad SMARTS) is 1. The summed E-state index contributed by atoms with van der Waals surface area (Å²) < 4.78 is 6.22. The van der Waals surface area contributed by atoms with Gasteiger partial charge in [-0.1, -0.05) is 6.07 Å². The number of aromatic nitrogens is 2. The van der Waals surface area contributed by atoms with Gasteiger partial charge >= 0.3 is 6.09 Å². The summed E-state index contributed by atoms with van der Waals surface area (Å²) in [6.07, 6.45) is 2.97. The largest absolute Gasteiger partial charge is 0.465 e. The minimum atomic E-state index is -0.848. The number of rotatable bonds is 3. The fourth-order valence-electron chi connectivity index (χ4n) is 4.59. The van der Waals surface area contributed by atoms with Gasteiger partial charge in [0, 0.05) is 30.2 Å². The number of amides is 1. The predicted octanol–water partition coefficient (Wildman–Crippen LogP) is 3.73. The normalized spacial score (nSPS) is 22.8. The molecule has 2 aliphatic heterocycles. The molecule has 1 aromatic carbocycles. The summed E-state index contributed by atoms with van der Waals surface area (Å²) in [6, 6.07) is 4.16. The number of hydrogen-bond donors (Lipinski definition) is 2. The van der Waals surface area contributed by atoms with Crippen LogP contribution in [0.3, 0.4) is 0 Å². The van der Waals surface area contributed by atoms with Crippen LogP contribution in [-0.2, 0) is 0 Å². The number of nitrogens with zero attached hydrogens (tertiary/aromatic N) is 4. The number of aliphatic hydroxyl groups is 1. The Hall–Kier alpha value is -2.65. The van der Waals surface area contributed by atoms with E-state index in [2.05, 4.69) is 4.98 Å². The second-order valence-corrected chi connectivity index (χ2v) is 8.62. The first kappa shape index (κ1) is 18.4. The van der Waals surface area contributed by atoms with E-state index in [4.69, 9.17) is 9.40 Å². The summed E-state index contributed by atoms with van der Waals surface area (Å²) >= 11 is 1.52. The van der Waals surface area contributed by atoms with Crippen molar-refractivity contribution in [3.05, 3.63) is 29.3 Å². The van der Waals surface area contributed by atoms with Gasteiger partial charge in [0.05, 0.1) is 23.8 Å². The molecule has 0 aliphatic carbocycles. The molecule has 2 bridgehead atoms. The van der Waals surface area contributed by atoms with Crippen LogP contribution < -0.4 is 4.90 Å². The topological polar surface area (TPSA) is 103 Å². The van der Waals surface area contributed by atoms with E-state index in [0.717, 1.165) is 29.8 Å². The Bertz CT molecular complexity index is 1030. The van der Waals surface area contributed by atoms with Gasteiger partial charge in [0.15, 0.2) is 5.58 Å². The summed E-state index contributed by atoms with van der Waals surface area (Å²) in [4.78, 5) is 24.5.